The number of benzene rings is 4. The van der Waals surface area contributed by atoms with Gasteiger partial charge in [-0.3, -0.25) is 9.36 Å². The zero-order chi connectivity index (χ0) is 34.7. The van der Waals surface area contributed by atoms with Crippen LogP contribution in [0.4, 0.5) is 5.69 Å². The molecule has 0 saturated heterocycles. The van der Waals surface area contributed by atoms with Gasteiger partial charge in [0.05, 0.1) is 20.9 Å². The quantitative estimate of drug-likeness (QED) is 0.145. The molecule has 49 heavy (non-hydrogen) atoms. The summed E-state index contributed by atoms with van der Waals surface area (Å²) in [6, 6.07) is 27.2. The first-order valence-electron chi connectivity index (χ1n) is 16.2. The molecule has 250 valence electrons. The second-order valence-electron chi connectivity index (χ2n) is 11.5. The van der Waals surface area contributed by atoms with Crippen LogP contribution in [-0.4, -0.2) is 24.1 Å². The molecule has 3 heterocycles. The van der Waals surface area contributed by atoms with E-state index in [0.29, 0.717) is 6.54 Å². The molecular weight excluding hydrogens is 671 g/mol. The predicted molar refractivity (Wildman–Crippen MR) is 202 cm³/mol. The van der Waals surface area contributed by atoms with Crippen LogP contribution in [0, 0.1) is 6.92 Å². The maximum atomic E-state index is 13.4. The van der Waals surface area contributed by atoms with E-state index < -0.39 is 10.1 Å². The van der Waals surface area contributed by atoms with E-state index in [4.69, 9.17) is 0 Å². The van der Waals surface area contributed by atoms with Crippen molar-refractivity contribution in [3.8, 4) is 0 Å². The number of allylic oxidation sites excluding steroid dienone is 3. The molecule has 6 aromatic rings. The molecule has 0 aliphatic carbocycles. The predicted octanol–water partition coefficient (Wildman–Crippen LogP) is 6.55. The number of hydrogen-bond acceptors (Lipinski definition) is 7. The third-order valence-corrected chi connectivity index (χ3v) is 11.5. The number of fused-ring (bicyclic) bond motifs is 4. The lowest BCUT2D eigenvalue weighted by Gasteiger charge is -2.26. The van der Waals surface area contributed by atoms with E-state index in [0.717, 1.165) is 38.4 Å². The standard InChI is InChI=1S/C32H30N3OS2.C7H8O3S/c1-4-33-20-19-23(24-12-9-10-14-26(24)33)16-18-28-32(36)35(6-3)30(38-28)21-29-34(5-2)31-25-13-8-7-11-22(25)15-17-27(31)37-29;1-6-2-4-7(5-3-6)11(8,9)10/h7-21H,4-6H2,1-3H3;2-5H,1H3,(H,8,9,10)/q+1;/p-1/b23-16-,28-18+;. The number of thiazole rings is 2. The van der Waals surface area contributed by atoms with Crippen molar-refractivity contribution in [2.24, 2.45) is 0 Å². The van der Waals surface area contributed by atoms with Gasteiger partial charge in [0.25, 0.3) is 10.6 Å². The maximum absolute atomic E-state index is 13.4. The van der Waals surface area contributed by atoms with Crippen LogP contribution in [0.5, 0.6) is 0 Å². The molecule has 0 N–H and O–H groups in total. The number of aromatic nitrogens is 2. The zero-order valence-corrected chi connectivity index (χ0v) is 30.2. The Balaban J connectivity index is 0.000000324. The van der Waals surface area contributed by atoms with Gasteiger partial charge in [-0.05, 0) is 81.1 Å². The van der Waals surface area contributed by atoms with Gasteiger partial charge in [-0.2, -0.15) is 4.57 Å². The summed E-state index contributed by atoms with van der Waals surface area (Å²) in [7, 11) is -4.27. The van der Waals surface area contributed by atoms with Crippen molar-refractivity contribution in [2.75, 3.05) is 11.4 Å². The van der Waals surface area contributed by atoms with E-state index in [2.05, 4.69) is 108 Å². The molecular formula is C39H37N3O4S3. The first kappa shape index (κ1) is 34.3. The van der Waals surface area contributed by atoms with Crippen LogP contribution in [0.1, 0.15) is 36.9 Å². The van der Waals surface area contributed by atoms with Crippen molar-refractivity contribution in [1.29, 1.82) is 0 Å². The molecule has 0 fully saturated rings. The molecule has 0 unspecified atom stereocenters. The highest BCUT2D eigenvalue weighted by molar-refractivity contribution is 7.85. The summed E-state index contributed by atoms with van der Waals surface area (Å²) in [5, 5.41) is 3.68. The molecule has 0 bridgehead atoms. The van der Waals surface area contributed by atoms with Crippen molar-refractivity contribution in [3.63, 3.8) is 0 Å². The van der Waals surface area contributed by atoms with Crippen LogP contribution in [0.2, 0.25) is 0 Å². The minimum Gasteiger partial charge on any atom is -0.744 e. The lowest BCUT2D eigenvalue weighted by Crippen LogP contribution is -2.35. The van der Waals surface area contributed by atoms with Crippen molar-refractivity contribution in [2.45, 2.75) is 45.7 Å². The summed E-state index contributed by atoms with van der Waals surface area (Å²) in [6.45, 7) is 10.6. The normalized spacial score (nSPS) is 14.5. The fourth-order valence-electron chi connectivity index (χ4n) is 5.96. The minimum atomic E-state index is -4.27. The van der Waals surface area contributed by atoms with E-state index in [-0.39, 0.29) is 10.5 Å². The van der Waals surface area contributed by atoms with Crippen LogP contribution in [-0.2, 0) is 23.2 Å². The Hall–Kier alpha value is -4.61. The van der Waals surface area contributed by atoms with Crippen molar-refractivity contribution in [3.05, 3.63) is 139 Å². The summed E-state index contributed by atoms with van der Waals surface area (Å²) >= 11 is 3.35. The van der Waals surface area contributed by atoms with E-state index >= 15 is 0 Å². The van der Waals surface area contributed by atoms with Crippen molar-refractivity contribution >= 4 is 77.2 Å². The Morgan fingerprint density at radius 1 is 0.857 bits per heavy atom. The smallest absolute Gasteiger partial charge is 0.269 e. The molecule has 0 atom stereocenters. The van der Waals surface area contributed by atoms with Crippen molar-refractivity contribution in [1.82, 2.24) is 4.57 Å². The molecule has 0 spiro atoms. The first-order chi connectivity index (χ1) is 23.6. The second-order valence-corrected chi connectivity index (χ2v) is 15.0. The summed E-state index contributed by atoms with van der Waals surface area (Å²) < 4.78 is 38.4. The number of nitrogens with zero attached hydrogens (tertiary/aromatic N) is 3. The summed E-state index contributed by atoms with van der Waals surface area (Å²) in [4.78, 5) is 15.5. The molecule has 4 aromatic carbocycles. The van der Waals surface area contributed by atoms with Gasteiger partial charge in [0, 0.05) is 30.5 Å². The zero-order valence-electron chi connectivity index (χ0n) is 27.8. The molecule has 2 aromatic heterocycles. The van der Waals surface area contributed by atoms with Gasteiger partial charge in [-0.25, -0.2) is 8.42 Å². The first-order valence-corrected chi connectivity index (χ1v) is 19.2. The Morgan fingerprint density at radius 3 is 2.31 bits per heavy atom. The lowest BCUT2D eigenvalue weighted by molar-refractivity contribution is -0.664. The van der Waals surface area contributed by atoms with E-state index in [1.165, 1.54) is 44.4 Å². The summed E-state index contributed by atoms with van der Waals surface area (Å²) in [6.07, 6.45) is 10.5. The SMILES string of the molecule is CCN1C=C/C(=C/C=c2/s/c(=C\c3sc4ccc5ccccc5c4[n+]3CC)n(CC)c2=O)c2ccccc21.Cc1ccc(S(=O)(=O)[O-])cc1. The van der Waals surface area contributed by atoms with E-state index in [1.807, 2.05) is 24.5 Å². The molecule has 7 nitrogen and oxygen atoms in total. The Bertz CT molecular complexity index is 2520. The third-order valence-electron chi connectivity index (χ3n) is 8.45. The monoisotopic (exact) mass is 707 g/mol. The van der Waals surface area contributed by atoms with Crippen LogP contribution >= 0.6 is 22.7 Å². The van der Waals surface area contributed by atoms with Gasteiger partial charge in [0.15, 0.2) is 0 Å². The fraction of sp³-hybridized carbons (Fsp3) is 0.179. The van der Waals surface area contributed by atoms with Gasteiger partial charge in [-0.15, -0.1) is 11.3 Å². The number of hydrogen-bond donors (Lipinski definition) is 0. The Labute approximate surface area is 294 Å². The molecule has 0 radical (unpaired) electrons. The number of rotatable bonds is 6. The van der Waals surface area contributed by atoms with Crippen LogP contribution in [0.3, 0.4) is 0 Å². The van der Waals surface area contributed by atoms with Gasteiger partial charge >= 0.3 is 0 Å². The highest BCUT2D eigenvalue weighted by Gasteiger charge is 2.21. The molecule has 7 rings (SSSR count). The Morgan fingerprint density at radius 2 is 1.59 bits per heavy atom. The summed E-state index contributed by atoms with van der Waals surface area (Å²) in [5.41, 5.74) is 5.77. The highest BCUT2D eigenvalue weighted by Crippen LogP contribution is 2.32. The van der Waals surface area contributed by atoms with Crippen LogP contribution < -0.4 is 24.2 Å². The minimum absolute atomic E-state index is 0.0680. The van der Waals surface area contributed by atoms with Crippen LogP contribution in [0.15, 0.2) is 113 Å². The molecule has 1 aliphatic rings. The average Bonchev–Trinajstić information content (AvgIpc) is 3.62. The highest BCUT2D eigenvalue weighted by atomic mass is 32.2. The van der Waals surface area contributed by atoms with Crippen LogP contribution in [0.25, 0.3) is 38.7 Å². The maximum Gasteiger partial charge on any atom is 0.269 e. The number of anilines is 1. The molecule has 10 heteroatoms. The van der Waals surface area contributed by atoms with Gasteiger partial charge < -0.3 is 9.45 Å². The third kappa shape index (κ3) is 7.09. The van der Waals surface area contributed by atoms with Gasteiger partial charge in [0.2, 0.25) is 5.52 Å². The average molecular weight is 708 g/mol. The fourth-order valence-corrected chi connectivity index (χ4v) is 8.73. The number of para-hydroxylation sites is 1. The van der Waals surface area contributed by atoms with Gasteiger partial charge in [-0.1, -0.05) is 77.6 Å². The largest absolute Gasteiger partial charge is 0.744 e. The van der Waals surface area contributed by atoms with E-state index in [1.54, 1.807) is 34.8 Å². The molecule has 1 aliphatic heterocycles. The van der Waals surface area contributed by atoms with Gasteiger partial charge in [0.1, 0.15) is 26.0 Å². The summed E-state index contributed by atoms with van der Waals surface area (Å²) in [5.74, 6) is 0. The Kier molecular flexibility index (Phi) is 10.1. The lowest BCUT2D eigenvalue weighted by atomic mass is 9.99. The van der Waals surface area contributed by atoms with Crippen molar-refractivity contribution < 1.29 is 17.5 Å². The van der Waals surface area contributed by atoms with E-state index in [9.17, 15) is 17.8 Å². The molecule has 0 saturated carbocycles. The number of aryl methyl sites for hydroxylation is 2. The molecule has 0 amide bonds. The topological polar surface area (TPSA) is 86.3 Å². The second kappa shape index (κ2) is 14.5.